The van der Waals surface area contributed by atoms with E-state index in [-0.39, 0.29) is 23.3 Å². The second kappa shape index (κ2) is 10.6. The van der Waals surface area contributed by atoms with Gasteiger partial charge in [-0.3, -0.25) is 4.79 Å². The number of pyridine rings is 1. The lowest BCUT2D eigenvalue weighted by Crippen LogP contribution is -2.37. The van der Waals surface area contributed by atoms with Crippen molar-refractivity contribution in [3.63, 3.8) is 0 Å². The van der Waals surface area contributed by atoms with E-state index >= 15 is 0 Å². The van der Waals surface area contributed by atoms with Gasteiger partial charge in [-0.2, -0.15) is 10.2 Å². The van der Waals surface area contributed by atoms with Gasteiger partial charge in [0.05, 0.1) is 17.6 Å². The Morgan fingerprint density at radius 1 is 1.32 bits per heavy atom. The zero-order chi connectivity index (χ0) is 26.7. The topological polar surface area (TPSA) is 137 Å². The van der Waals surface area contributed by atoms with Gasteiger partial charge >= 0.3 is 5.97 Å². The highest BCUT2D eigenvalue weighted by atomic mass is 16.5. The molecule has 194 valence electrons. The van der Waals surface area contributed by atoms with Crippen LogP contribution in [0.5, 0.6) is 5.88 Å². The van der Waals surface area contributed by atoms with Crippen LogP contribution in [-0.4, -0.2) is 45.4 Å². The summed E-state index contributed by atoms with van der Waals surface area (Å²) in [7, 11) is 0. The molecular formula is C27H32N6O4. The molecule has 3 heterocycles. The third-order valence-electron chi connectivity index (χ3n) is 6.28. The zero-order valence-corrected chi connectivity index (χ0v) is 21.8. The minimum absolute atomic E-state index is 0.0999. The molecule has 4 rings (SSSR count). The number of anilines is 2. The Morgan fingerprint density at radius 2 is 2.11 bits per heavy atom. The van der Waals surface area contributed by atoms with Crippen molar-refractivity contribution in [2.24, 2.45) is 11.3 Å². The number of fused-ring (bicyclic) bond motifs is 1. The largest absolute Gasteiger partial charge is 0.481 e. The van der Waals surface area contributed by atoms with Crippen molar-refractivity contribution in [1.82, 2.24) is 20.4 Å². The molecule has 0 saturated carbocycles. The van der Waals surface area contributed by atoms with Crippen molar-refractivity contribution < 1.29 is 19.2 Å². The Bertz CT molecular complexity index is 1320. The van der Waals surface area contributed by atoms with Gasteiger partial charge in [0.15, 0.2) is 0 Å². The summed E-state index contributed by atoms with van der Waals surface area (Å²) in [5, 5.41) is 26.5. The molecule has 2 N–H and O–H groups in total. The lowest BCUT2D eigenvalue weighted by Gasteiger charge is -2.27. The van der Waals surface area contributed by atoms with E-state index in [1.807, 2.05) is 51.7 Å². The number of ether oxygens (including phenoxy) is 1. The maximum atomic E-state index is 11.6. The minimum atomic E-state index is -0.788. The summed E-state index contributed by atoms with van der Waals surface area (Å²) in [5.41, 5.74) is 3.78. The molecule has 0 bridgehead atoms. The summed E-state index contributed by atoms with van der Waals surface area (Å²) in [5.74, 6) is -0.269. The van der Waals surface area contributed by atoms with E-state index < -0.39 is 11.9 Å². The molecule has 0 spiro atoms. The SMILES string of the molecule is CC(C)Oc1ncc(-c2nc(N3CCc4cc(CNCC(C(=O)O)C(C)(C)C)ccc43)no2)cc1C#N. The van der Waals surface area contributed by atoms with E-state index in [4.69, 9.17) is 9.26 Å². The van der Waals surface area contributed by atoms with E-state index in [9.17, 15) is 15.2 Å². The summed E-state index contributed by atoms with van der Waals surface area (Å²) in [6.07, 6.45) is 2.28. The Kier molecular flexibility index (Phi) is 7.45. The Hall–Kier alpha value is -3.97. The van der Waals surface area contributed by atoms with Crippen LogP contribution in [0.3, 0.4) is 0 Å². The van der Waals surface area contributed by atoms with Crippen LogP contribution in [0.4, 0.5) is 11.6 Å². The Morgan fingerprint density at radius 3 is 2.78 bits per heavy atom. The number of hydrogen-bond donors (Lipinski definition) is 2. The summed E-state index contributed by atoms with van der Waals surface area (Å²) < 4.78 is 11.1. The van der Waals surface area contributed by atoms with Gasteiger partial charge < -0.3 is 24.6 Å². The monoisotopic (exact) mass is 504 g/mol. The van der Waals surface area contributed by atoms with Crippen LogP contribution >= 0.6 is 0 Å². The van der Waals surface area contributed by atoms with Crippen molar-refractivity contribution in [2.45, 2.75) is 53.7 Å². The molecular weight excluding hydrogens is 472 g/mol. The summed E-state index contributed by atoms with van der Waals surface area (Å²) >= 11 is 0. The van der Waals surface area contributed by atoms with E-state index in [1.165, 1.54) is 5.56 Å². The molecule has 0 aliphatic carbocycles. The van der Waals surface area contributed by atoms with Crippen LogP contribution < -0.4 is 15.0 Å². The molecule has 0 fully saturated rings. The molecule has 0 amide bonds. The van der Waals surface area contributed by atoms with Crippen molar-refractivity contribution in [2.75, 3.05) is 18.0 Å². The molecule has 1 aliphatic rings. The van der Waals surface area contributed by atoms with E-state index in [0.29, 0.717) is 36.7 Å². The van der Waals surface area contributed by atoms with Gasteiger partial charge in [-0.1, -0.05) is 32.9 Å². The number of benzene rings is 1. The molecule has 1 unspecified atom stereocenters. The molecule has 10 nitrogen and oxygen atoms in total. The first-order valence-corrected chi connectivity index (χ1v) is 12.3. The van der Waals surface area contributed by atoms with E-state index in [0.717, 1.165) is 17.7 Å². The number of carboxylic acids is 1. The Labute approximate surface area is 216 Å². The van der Waals surface area contributed by atoms with Crippen LogP contribution in [-0.2, 0) is 17.8 Å². The average molecular weight is 505 g/mol. The van der Waals surface area contributed by atoms with Crippen molar-refractivity contribution in [1.29, 1.82) is 5.26 Å². The fourth-order valence-corrected chi connectivity index (χ4v) is 4.31. The quantitative estimate of drug-likeness (QED) is 0.433. The van der Waals surface area contributed by atoms with Gasteiger partial charge in [0.2, 0.25) is 5.88 Å². The normalized spacial score (nSPS) is 13.9. The number of carboxylic acid groups (broad SMARTS) is 1. The van der Waals surface area contributed by atoms with Crippen LogP contribution in [0.15, 0.2) is 35.0 Å². The van der Waals surface area contributed by atoms with Gasteiger partial charge in [0.1, 0.15) is 11.6 Å². The van der Waals surface area contributed by atoms with Crippen LogP contribution in [0.2, 0.25) is 0 Å². The molecule has 1 aliphatic heterocycles. The van der Waals surface area contributed by atoms with Crippen molar-refractivity contribution in [3.05, 3.63) is 47.2 Å². The smallest absolute Gasteiger partial charge is 0.308 e. The summed E-state index contributed by atoms with van der Waals surface area (Å²) in [6.45, 7) is 11.3. The lowest BCUT2D eigenvalue weighted by molar-refractivity contribution is -0.145. The summed E-state index contributed by atoms with van der Waals surface area (Å²) in [4.78, 5) is 22.4. The van der Waals surface area contributed by atoms with Gasteiger partial charge in [-0.05, 0) is 54.1 Å². The fraction of sp³-hybridized carbons (Fsp3) is 0.444. The zero-order valence-electron chi connectivity index (χ0n) is 21.8. The highest BCUT2D eigenvalue weighted by molar-refractivity contribution is 5.71. The predicted molar refractivity (Wildman–Crippen MR) is 137 cm³/mol. The van der Waals surface area contributed by atoms with Gasteiger partial charge in [0.25, 0.3) is 11.8 Å². The molecule has 3 aromatic rings. The molecule has 37 heavy (non-hydrogen) atoms. The number of hydrogen-bond acceptors (Lipinski definition) is 9. The highest BCUT2D eigenvalue weighted by Crippen LogP contribution is 2.35. The average Bonchev–Trinajstić information content (AvgIpc) is 3.47. The lowest BCUT2D eigenvalue weighted by atomic mass is 9.80. The third kappa shape index (κ3) is 5.89. The molecule has 0 radical (unpaired) electrons. The number of aromatic nitrogens is 3. The number of carbonyl (C=O) groups is 1. The maximum Gasteiger partial charge on any atom is 0.308 e. The number of nitrogens with one attached hydrogen (secondary N) is 1. The van der Waals surface area contributed by atoms with Crippen LogP contribution in [0.25, 0.3) is 11.5 Å². The number of nitriles is 1. The molecule has 2 aromatic heterocycles. The number of rotatable bonds is 9. The minimum Gasteiger partial charge on any atom is -0.481 e. The van der Waals surface area contributed by atoms with E-state index in [1.54, 1.807) is 12.3 Å². The first-order valence-electron chi connectivity index (χ1n) is 12.3. The highest BCUT2D eigenvalue weighted by Gasteiger charge is 2.31. The molecule has 1 aromatic carbocycles. The van der Waals surface area contributed by atoms with Crippen LogP contribution in [0, 0.1) is 22.7 Å². The van der Waals surface area contributed by atoms with E-state index in [2.05, 4.69) is 32.6 Å². The van der Waals surface area contributed by atoms with Crippen molar-refractivity contribution in [3.8, 4) is 23.4 Å². The summed E-state index contributed by atoms with van der Waals surface area (Å²) in [6, 6.07) is 9.92. The number of aliphatic carboxylic acids is 1. The molecule has 10 heteroatoms. The maximum absolute atomic E-state index is 11.6. The second-order valence-corrected chi connectivity index (χ2v) is 10.5. The van der Waals surface area contributed by atoms with Gasteiger partial charge in [0, 0.05) is 31.5 Å². The number of nitrogens with zero attached hydrogens (tertiary/aromatic N) is 5. The van der Waals surface area contributed by atoms with Gasteiger partial charge in [-0.25, -0.2) is 4.98 Å². The fourth-order valence-electron chi connectivity index (χ4n) is 4.31. The molecule has 1 atom stereocenters. The van der Waals surface area contributed by atoms with Crippen molar-refractivity contribution >= 4 is 17.6 Å². The first kappa shape index (κ1) is 26.1. The third-order valence-corrected chi connectivity index (χ3v) is 6.28. The Balaban J connectivity index is 1.45. The van der Waals surface area contributed by atoms with Crippen LogP contribution in [0.1, 0.15) is 51.3 Å². The first-order chi connectivity index (χ1) is 17.6. The molecule has 0 saturated heterocycles. The van der Waals surface area contributed by atoms with Gasteiger partial charge in [-0.15, -0.1) is 0 Å². The predicted octanol–water partition coefficient (Wildman–Crippen LogP) is 4.32. The second-order valence-electron chi connectivity index (χ2n) is 10.5. The standard InChI is InChI=1S/C27H32N6O4/c1-16(2)36-23-19(12-28)11-20(14-30-23)24-31-26(32-37-24)33-9-8-18-10-17(6-7-22(18)33)13-29-15-21(25(34)35)27(3,4)5/h6-7,10-11,14,16,21,29H,8-9,13,15H2,1-5H3,(H,34,35).